The largest absolute Gasteiger partial charge is 0.393 e. The lowest BCUT2D eigenvalue weighted by Gasteiger charge is -2.01. The van der Waals surface area contributed by atoms with Gasteiger partial charge >= 0.3 is 0 Å². The van der Waals surface area contributed by atoms with Crippen LogP contribution in [0.2, 0.25) is 0 Å². The molecule has 11 heavy (non-hydrogen) atoms. The van der Waals surface area contributed by atoms with Gasteiger partial charge in [-0.2, -0.15) is 0 Å². The standard InChI is InChI=1S/C9H17ClO/c1-9(11)7-5-3-2-4-6-8-10/h6,8-9,11H,2-5,7H2,1H3. The Morgan fingerprint density at radius 2 is 2.09 bits per heavy atom. The molecule has 1 N–H and O–H groups in total. The Morgan fingerprint density at radius 1 is 1.36 bits per heavy atom. The Balaban J connectivity index is 2.91. The first-order chi connectivity index (χ1) is 5.27. The van der Waals surface area contributed by atoms with Crippen molar-refractivity contribution >= 4 is 11.6 Å². The molecule has 0 spiro atoms. The van der Waals surface area contributed by atoms with Crippen molar-refractivity contribution in [2.24, 2.45) is 0 Å². The van der Waals surface area contributed by atoms with Gasteiger partial charge in [0.1, 0.15) is 0 Å². The third-order valence-electron chi connectivity index (χ3n) is 1.58. The van der Waals surface area contributed by atoms with Gasteiger partial charge in [-0.25, -0.2) is 0 Å². The molecule has 1 unspecified atom stereocenters. The lowest BCUT2D eigenvalue weighted by Crippen LogP contribution is -1.97. The normalized spacial score (nSPS) is 14.1. The highest BCUT2D eigenvalue weighted by Crippen LogP contribution is 2.05. The van der Waals surface area contributed by atoms with Crippen LogP contribution in [0.5, 0.6) is 0 Å². The quantitative estimate of drug-likeness (QED) is 0.617. The summed E-state index contributed by atoms with van der Waals surface area (Å²) < 4.78 is 0. The SMILES string of the molecule is CC(O)CCCCCC=CCl. The van der Waals surface area contributed by atoms with E-state index in [9.17, 15) is 0 Å². The van der Waals surface area contributed by atoms with Gasteiger partial charge in [-0.15, -0.1) is 0 Å². The average molecular weight is 177 g/mol. The number of hydrogen-bond acceptors (Lipinski definition) is 1. The minimum absolute atomic E-state index is 0.140. The molecule has 0 aromatic carbocycles. The zero-order chi connectivity index (χ0) is 8.53. The molecule has 0 aliphatic carbocycles. The first-order valence-corrected chi connectivity index (χ1v) is 4.64. The molecule has 1 atom stereocenters. The van der Waals surface area contributed by atoms with E-state index >= 15 is 0 Å². The van der Waals surface area contributed by atoms with Crippen LogP contribution >= 0.6 is 11.6 Å². The van der Waals surface area contributed by atoms with Crippen molar-refractivity contribution in [2.75, 3.05) is 0 Å². The lowest BCUT2D eigenvalue weighted by molar-refractivity contribution is 0.180. The van der Waals surface area contributed by atoms with E-state index in [-0.39, 0.29) is 6.10 Å². The Labute approximate surface area is 74.1 Å². The second kappa shape index (κ2) is 8.09. The topological polar surface area (TPSA) is 20.2 Å². The lowest BCUT2D eigenvalue weighted by atomic mass is 10.1. The van der Waals surface area contributed by atoms with Crippen molar-refractivity contribution in [2.45, 2.75) is 45.1 Å². The molecule has 0 aliphatic rings. The van der Waals surface area contributed by atoms with E-state index in [0.29, 0.717) is 0 Å². The van der Waals surface area contributed by atoms with Gasteiger partial charge in [0, 0.05) is 5.54 Å². The highest BCUT2D eigenvalue weighted by Gasteiger charge is 1.93. The Bertz CT molecular complexity index is 99.7. The molecule has 0 bridgehead atoms. The van der Waals surface area contributed by atoms with Crippen molar-refractivity contribution in [3.05, 3.63) is 11.6 Å². The summed E-state index contributed by atoms with van der Waals surface area (Å²) in [6, 6.07) is 0. The number of allylic oxidation sites excluding steroid dienone is 1. The van der Waals surface area contributed by atoms with Crippen molar-refractivity contribution in [3.8, 4) is 0 Å². The molecule has 0 amide bonds. The molecule has 66 valence electrons. The van der Waals surface area contributed by atoms with E-state index in [4.69, 9.17) is 16.7 Å². The minimum Gasteiger partial charge on any atom is -0.393 e. The van der Waals surface area contributed by atoms with Crippen molar-refractivity contribution < 1.29 is 5.11 Å². The van der Waals surface area contributed by atoms with Crippen LogP contribution in [-0.2, 0) is 0 Å². The molecule has 0 rings (SSSR count). The van der Waals surface area contributed by atoms with Crippen LogP contribution in [0, 0.1) is 0 Å². The van der Waals surface area contributed by atoms with Gasteiger partial charge in [0.2, 0.25) is 0 Å². The predicted octanol–water partition coefficient (Wildman–Crippen LogP) is 3.07. The predicted molar refractivity (Wildman–Crippen MR) is 49.8 cm³/mol. The van der Waals surface area contributed by atoms with Crippen LogP contribution in [0.1, 0.15) is 39.0 Å². The first-order valence-electron chi connectivity index (χ1n) is 4.20. The summed E-state index contributed by atoms with van der Waals surface area (Å²) in [5.74, 6) is 0. The van der Waals surface area contributed by atoms with E-state index in [0.717, 1.165) is 19.3 Å². The summed E-state index contributed by atoms with van der Waals surface area (Å²) in [7, 11) is 0. The fourth-order valence-electron chi connectivity index (χ4n) is 0.942. The van der Waals surface area contributed by atoms with Gasteiger partial charge in [0.05, 0.1) is 6.10 Å². The summed E-state index contributed by atoms with van der Waals surface area (Å²) >= 11 is 5.34. The van der Waals surface area contributed by atoms with Crippen LogP contribution in [0.15, 0.2) is 11.6 Å². The van der Waals surface area contributed by atoms with Crippen molar-refractivity contribution in [1.29, 1.82) is 0 Å². The summed E-state index contributed by atoms with van der Waals surface area (Å²) in [6.07, 6.45) is 7.28. The second-order valence-electron chi connectivity index (χ2n) is 2.85. The van der Waals surface area contributed by atoms with Crippen LogP contribution in [-0.4, -0.2) is 11.2 Å². The van der Waals surface area contributed by atoms with E-state index in [2.05, 4.69) is 0 Å². The van der Waals surface area contributed by atoms with Gasteiger partial charge in [0.15, 0.2) is 0 Å². The summed E-state index contributed by atoms with van der Waals surface area (Å²) in [5, 5.41) is 8.92. The van der Waals surface area contributed by atoms with Crippen LogP contribution in [0.3, 0.4) is 0 Å². The first kappa shape index (κ1) is 11.0. The fraction of sp³-hybridized carbons (Fsp3) is 0.778. The second-order valence-corrected chi connectivity index (χ2v) is 3.10. The molecule has 0 aromatic rings. The molecule has 0 fully saturated rings. The minimum atomic E-state index is -0.140. The molecular weight excluding hydrogens is 160 g/mol. The molecule has 0 saturated heterocycles. The number of rotatable bonds is 6. The Morgan fingerprint density at radius 3 is 2.64 bits per heavy atom. The van der Waals surface area contributed by atoms with Crippen molar-refractivity contribution in [3.63, 3.8) is 0 Å². The van der Waals surface area contributed by atoms with Gasteiger partial charge in [-0.1, -0.05) is 30.5 Å². The van der Waals surface area contributed by atoms with E-state index in [1.165, 1.54) is 12.8 Å². The summed E-state index contributed by atoms with van der Waals surface area (Å²) in [6.45, 7) is 1.83. The Kier molecular flexibility index (Phi) is 8.08. The van der Waals surface area contributed by atoms with Gasteiger partial charge in [-0.05, 0) is 26.2 Å². The fourth-order valence-corrected chi connectivity index (χ4v) is 1.07. The number of aliphatic hydroxyl groups excluding tert-OH is 1. The van der Waals surface area contributed by atoms with Crippen molar-refractivity contribution in [1.82, 2.24) is 0 Å². The van der Waals surface area contributed by atoms with Crippen LogP contribution < -0.4 is 0 Å². The highest BCUT2D eigenvalue weighted by atomic mass is 35.5. The van der Waals surface area contributed by atoms with E-state index in [1.807, 2.05) is 13.0 Å². The highest BCUT2D eigenvalue weighted by molar-refractivity contribution is 6.25. The monoisotopic (exact) mass is 176 g/mol. The number of hydrogen-bond donors (Lipinski definition) is 1. The number of unbranched alkanes of at least 4 members (excludes halogenated alkanes) is 3. The maximum Gasteiger partial charge on any atom is 0.0512 e. The molecule has 1 nitrogen and oxygen atoms in total. The van der Waals surface area contributed by atoms with Crippen LogP contribution in [0.4, 0.5) is 0 Å². The maximum atomic E-state index is 8.92. The molecule has 0 radical (unpaired) electrons. The Hall–Kier alpha value is -0.0100. The molecule has 0 saturated carbocycles. The smallest absolute Gasteiger partial charge is 0.0512 e. The molecule has 0 aliphatic heterocycles. The molecule has 0 heterocycles. The maximum absolute atomic E-state index is 8.92. The van der Waals surface area contributed by atoms with Gasteiger partial charge in [0.25, 0.3) is 0 Å². The molecular formula is C9H17ClO. The summed E-state index contributed by atoms with van der Waals surface area (Å²) in [4.78, 5) is 0. The summed E-state index contributed by atoms with van der Waals surface area (Å²) in [5.41, 5.74) is 1.56. The number of aliphatic hydroxyl groups is 1. The van der Waals surface area contributed by atoms with E-state index < -0.39 is 0 Å². The van der Waals surface area contributed by atoms with Crippen LogP contribution in [0.25, 0.3) is 0 Å². The third-order valence-corrected chi connectivity index (χ3v) is 1.76. The molecule has 2 heteroatoms. The van der Waals surface area contributed by atoms with Gasteiger partial charge in [-0.3, -0.25) is 0 Å². The third kappa shape index (κ3) is 9.99. The van der Waals surface area contributed by atoms with Gasteiger partial charge < -0.3 is 5.11 Å². The number of halogens is 1. The zero-order valence-corrected chi connectivity index (χ0v) is 7.85. The zero-order valence-electron chi connectivity index (χ0n) is 7.09. The average Bonchev–Trinajstić information content (AvgIpc) is 1.96. The van der Waals surface area contributed by atoms with E-state index in [1.54, 1.807) is 5.54 Å². The molecule has 0 aromatic heterocycles.